The molecule has 0 bridgehead atoms. The average molecular weight is 219 g/mol. The van der Waals surface area contributed by atoms with Crippen LogP contribution in [0.15, 0.2) is 17.9 Å². The fraction of sp³-hybridized carbons (Fsp3) is 0.667. The second-order valence-electron chi connectivity index (χ2n) is 3.50. The molecule has 0 aromatic rings. The Bertz CT molecular complexity index is 313. The van der Waals surface area contributed by atoms with Crippen molar-refractivity contribution >= 4 is 10.3 Å². The Morgan fingerprint density at radius 1 is 1.36 bits per heavy atom. The molecule has 0 amide bonds. The minimum absolute atomic E-state index is 0.0247. The van der Waals surface area contributed by atoms with E-state index in [1.165, 1.54) is 0 Å². The van der Waals surface area contributed by atoms with E-state index in [4.69, 9.17) is 0 Å². The molecule has 1 atom stereocenters. The lowest BCUT2D eigenvalue weighted by Crippen LogP contribution is -2.18. The molecule has 0 radical (unpaired) electrons. The summed E-state index contributed by atoms with van der Waals surface area (Å²) in [6, 6.07) is 0. The largest absolute Gasteiger partial charge is 0.333 e. The highest BCUT2D eigenvalue weighted by Gasteiger charge is 2.04. The molecule has 4 nitrogen and oxygen atoms in total. The van der Waals surface area contributed by atoms with Crippen LogP contribution in [0.5, 0.6) is 0 Å². The van der Waals surface area contributed by atoms with Gasteiger partial charge in [0.25, 0.3) is 0 Å². The third-order valence-corrected chi connectivity index (χ3v) is 1.77. The van der Waals surface area contributed by atoms with E-state index in [0.717, 1.165) is 0 Å². The summed E-state index contributed by atoms with van der Waals surface area (Å²) in [6.45, 7) is 5.95. The van der Waals surface area contributed by atoms with Crippen molar-refractivity contribution in [2.24, 2.45) is 17.0 Å². The van der Waals surface area contributed by atoms with Crippen molar-refractivity contribution in [2.45, 2.75) is 20.8 Å². The fourth-order valence-corrected chi connectivity index (χ4v) is 1.07. The van der Waals surface area contributed by atoms with E-state index in [0.29, 0.717) is 5.92 Å². The van der Waals surface area contributed by atoms with Gasteiger partial charge in [0.15, 0.2) is 0 Å². The van der Waals surface area contributed by atoms with Gasteiger partial charge < -0.3 is 0 Å². The van der Waals surface area contributed by atoms with Crippen LogP contribution in [0.4, 0.5) is 0 Å². The van der Waals surface area contributed by atoms with Crippen molar-refractivity contribution in [3.8, 4) is 0 Å². The predicted octanol–water partition coefficient (Wildman–Crippen LogP) is 1.21. The average Bonchev–Trinajstić information content (AvgIpc) is 1.99. The van der Waals surface area contributed by atoms with Crippen LogP contribution in [-0.2, 0) is 14.5 Å². The summed E-state index contributed by atoms with van der Waals surface area (Å²) >= 11 is 0. The monoisotopic (exact) mass is 219 g/mol. The topological polar surface area (TPSA) is 69.4 Å². The van der Waals surface area contributed by atoms with Crippen molar-refractivity contribution in [1.82, 2.24) is 0 Å². The highest BCUT2D eigenvalue weighted by atomic mass is 32.2. The summed E-state index contributed by atoms with van der Waals surface area (Å²) < 4.78 is 25.3. The quantitative estimate of drug-likeness (QED) is 0.706. The molecule has 0 aliphatic rings. The molecule has 0 aliphatic carbocycles. The molecular formula is C9H17NO3S. The minimum atomic E-state index is -3.82. The first-order chi connectivity index (χ1) is 6.31. The minimum Gasteiger partial charge on any atom is -0.258 e. The number of rotatable bonds is 5. The summed E-state index contributed by atoms with van der Waals surface area (Å²) in [4.78, 5) is 0. The van der Waals surface area contributed by atoms with Crippen LogP contribution in [0.2, 0.25) is 0 Å². The first-order valence-corrected chi connectivity index (χ1v) is 5.88. The van der Waals surface area contributed by atoms with Crippen LogP contribution in [0.3, 0.4) is 0 Å². The van der Waals surface area contributed by atoms with Gasteiger partial charge in [-0.05, 0) is 18.1 Å². The van der Waals surface area contributed by atoms with Gasteiger partial charge in [-0.2, -0.15) is 8.42 Å². The van der Waals surface area contributed by atoms with Gasteiger partial charge >= 0.3 is 10.3 Å². The Hall–Kier alpha value is -0.610. The Balaban J connectivity index is 4.00. The Kier molecular flexibility index (Phi) is 5.72. The van der Waals surface area contributed by atoms with Crippen molar-refractivity contribution in [1.29, 1.82) is 0 Å². The maximum Gasteiger partial charge on any atom is 0.333 e. The number of nitrogens with two attached hydrogens (primary N) is 1. The fourth-order valence-electron chi connectivity index (χ4n) is 0.663. The summed E-state index contributed by atoms with van der Waals surface area (Å²) in [6.07, 6.45) is 3.65. The maximum absolute atomic E-state index is 10.4. The van der Waals surface area contributed by atoms with Crippen LogP contribution < -0.4 is 5.14 Å². The molecule has 0 aliphatic heterocycles. The highest BCUT2D eigenvalue weighted by molar-refractivity contribution is 7.84. The molecule has 0 heterocycles. The molecule has 0 aromatic carbocycles. The molecule has 0 saturated carbocycles. The molecule has 82 valence electrons. The molecule has 0 aromatic heterocycles. The predicted molar refractivity (Wildman–Crippen MR) is 55.7 cm³/mol. The summed E-state index contributed by atoms with van der Waals surface area (Å²) in [5.41, 5.74) is 2.96. The van der Waals surface area contributed by atoms with E-state index in [1.54, 1.807) is 6.08 Å². The molecule has 14 heavy (non-hydrogen) atoms. The molecule has 0 spiro atoms. The van der Waals surface area contributed by atoms with E-state index < -0.39 is 10.3 Å². The normalized spacial score (nSPS) is 13.5. The zero-order valence-corrected chi connectivity index (χ0v) is 9.54. The Labute approximate surface area is 85.7 Å². The third kappa shape index (κ3) is 9.48. The van der Waals surface area contributed by atoms with E-state index in [2.05, 4.69) is 15.1 Å². The molecule has 2 N–H and O–H groups in total. The summed E-state index contributed by atoms with van der Waals surface area (Å²) in [5, 5.41) is 4.67. The molecule has 0 saturated heterocycles. The number of hydrogen-bond acceptors (Lipinski definition) is 3. The van der Waals surface area contributed by atoms with Gasteiger partial charge in [-0.3, -0.25) is 4.18 Å². The standard InChI is InChI=1S/C9H17NO3S/c1-8(2)5-4-6-9(3)7-13-14(10,11)12/h5-6,8-9H,7H2,1-3H3,(H2,10,11,12)/t4?,9-/m1/s1. The van der Waals surface area contributed by atoms with Crippen molar-refractivity contribution in [3.63, 3.8) is 0 Å². The van der Waals surface area contributed by atoms with Crippen molar-refractivity contribution in [3.05, 3.63) is 17.9 Å². The lowest BCUT2D eigenvalue weighted by Gasteiger charge is -2.03. The van der Waals surface area contributed by atoms with Crippen LogP contribution >= 0.6 is 0 Å². The van der Waals surface area contributed by atoms with E-state index in [9.17, 15) is 8.42 Å². The molecule has 0 unspecified atom stereocenters. The number of hydrogen-bond donors (Lipinski definition) is 1. The van der Waals surface area contributed by atoms with Gasteiger partial charge in [0.1, 0.15) is 0 Å². The highest BCUT2D eigenvalue weighted by Crippen LogP contribution is 1.99. The van der Waals surface area contributed by atoms with Crippen LogP contribution in [-0.4, -0.2) is 15.0 Å². The molecule has 0 rings (SSSR count). The van der Waals surface area contributed by atoms with Crippen LogP contribution in [0, 0.1) is 11.8 Å². The molecular weight excluding hydrogens is 202 g/mol. The summed E-state index contributed by atoms with van der Waals surface area (Å²) in [7, 11) is -3.82. The smallest absolute Gasteiger partial charge is 0.258 e. The van der Waals surface area contributed by atoms with Crippen molar-refractivity contribution in [2.75, 3.05) is 6.61 Å². The summed E-state index contributed by atoms with van der Waals surface area (Å²) in [5.74, 6) is 0.404. The maximum atomic E-state index is 10.4. The lowest BCUT2D eigenvalue weighted by molar-refractivity contribution is 0.289. The first kappa shape index (κ1) is 13.4. The van der Waals surface area contributed by atoms with Gasteiger partial charge in [0.2, 0.25) is 0 Å². The first-order valence-electron chi connectivity index (χ1n) is 4.41. The van der Waals surface area contributed by atoms with Crippen LogP contribution in [0.1, 0.15) is 20.8 Å². The van der Waals surface area contributed by atoms with E-state index in [-0.39, 0.29) is 12.5 Å². The van der Waals surface area contributed by atoms with Gasteiger partial charge in [0, 0.05) is 5.92 Å². The van der Waals surface area contributed by atoms with Gasteiger partial charge in [0.05, 0.1) is 6.61 Å². The van der Waals surface area contributed by atoms with Gasteiger partial charge in [-0.15, -0.1) is 5.73 Å². The van der Waals surface area contributed by atoms with E-state index >= 15 is 0 Å². The zero-order chi connectivity index (χ0) is 11.2. The molecule has 5 heteroatoms. The Morgan fingerprint density at radius 2 is 1.93 bits per heavy atom. The van der Waals surface area contributed by atoms with Crippen LogP contribution in [0.25, 0.3) is 0 Å². The van der Waals surface area contributed by atoms with Gasteiger partial charge in [-0.1, -0.05) is 20.8 Å². The second kappa shape index (κ2) is 5.98. The zero-order valence-electron chi connectivity index (χ0n) is 8.73. The van der Waals surface area contributed by atoms with E-state index in [1.807, 2.05) is 26.8 Å². The lowest BCUT2D eigenvalue weighted by atomic mass is 10.2. The van der Waals surface area contributed by atoms with Crippen molar-refractivity contribution < 1.29 is 12.6 Å². The van der Waals surface area contributed by atoms with Gasteiger partial charge in [-0.25, -0.2) is 5.14 Å². The third-order valence-electron chi connectivity index (χ3n) is 1.31. The molecule has 0 fully saturated rings. The second-order valence-corrected chi connectivity index (χ2v) is 4.72. The Morgan fingerprint density at radius 3 is 2.36 bits per heavy atom. The SMILES string of the molecule is CC(C)C=C=C[C@@H](C)COS(N)(=O)=O.